The third-order valence-electron chi connectivity index (χ3n) is 2.81. The smallest absolute Gasteiger partial charge is 0.252 e. The average molecular weight is 287 g/mol. The number of carbonyl (C=O) groups excluding carboxylic acids is 1. The van der Waals surface area contributed by atoms with E-state index in [0.29, 0.717) is 17.5 Å². The molecule has 2 N–H and O–H groups in total. The minimum absolute atomic E-state index is 0.178. The summed E-state index contributed by atoms with van der Waals surface area (Å²) in [5.74, 6) is 1.41. The third-order valence-corrected chi connectivity index (χ3v) is 3.90. The van der Waals surface area contributed by atoms with Crippen LogP contribution in [0.5, 0.6) is 0 Å². The van der Waals surface area contributed by atoms with Crippen molar-refractivity contribution in [2.75, 3.05) is 11.1 Å². The van der Waals surface area contributed by atoms with Gasteiger partial charge in [0.15, 0.2) is 0 Å². The topological polar surface area (TPSA) is 83.0 Å². The Morgan fingerprint density at radius 3 is 2.90 bits per heavy atom. The van der Waals surface area contributed by atoms with E-state index in [1.54, 1.807) is 18.7 Å². The van der Waals surface area contributed by atoms with Crippen molar-refractivity contribution in [3.05, 3.63) is 41.7 Å². The number of aromatic amines is 1. The van der Waals surface area contributed by atoms with Crippen LogP contribution in [0, 0.1) is 6.92 Å². The fourth-order valence-electron chi connectivity index (χ4n) is 1.84. The first-order valence-electron chi connectivity index (χ1n) is 6.18. The molecule has 1 atom stereocenters. The summed E-state index contributed by atoms with van der Waals surface area (Å²) in [6.07, 6.45) is 0. The van der Waals surface area contributed by atoms with Crippen molar-refractivity contribution in [1.82, 2.24) is 15.2 Å². The summed E-state index contributed by atoms with van der Waals surface area (Å²) in [6, 6.07) is 9.47. The van der Waals surface area contributed by atoms with Gasteiger partial charge in [0.1, 0.15) is 11.9 Å². The number of anilines is 1. The Bertz CT molecular complexity index is 652. The van der Waals surface area contributed by atoms with Crippen LogP contribution >= 0.6 is 11.8 Å². The Hall–Kier alpha value is -2.15. The molecule has 3 rings (SSSR count). The maximum Gasteiger partial charge on any atom is 0.252 e. The molecule has 7 heteroatoms. The average Bonchev–Trinajstić information content (AvgIpc) is 3.09. The lowest BCUT2D eigenvalue weighted by Crippen LogP contribution is -2.27. The number of nitrogens with one attached hydrogen (secondary N) is 2. The van der Waals surface area contributed by atoms with Crippen molar-refractivity contribution in [2.24, 2.45) is 4.99 Å². The molecule has 0 saturated heterocycles. The Kier molecular flexibility index (Phi) is 3.51. The Balaban J connectivity index is 1.70. The molecule has 2 heterocycles. The molecule has 1 aliphatic heterocycles. The zero-order chi connectivity index (χ0) is 13.9. The SMILES string of the molecule is Cc1nc(NC(=O)C2CSC(c3ccccc3)=N2)n[nH]1. The van der Waals surface area contributed by atoms with Crippen LogP contribution in [0.4, 0.5) is 5.95 Å². The van der Waals surface area contributed by atoms with Gasteiger partial charge in [-0.1, -0.05) is 30.3 Å². The van der Waals surface area contributed by atoms with Crippen molar-refractivity contribution >= 4 is 28.7 Å². The van der Waals surface area contributed by atoms with Gasteiger partial charge in [-0.05, 0) is 6.92 Å². The Labute approximate surface area is 120 Å². The van der Waals surface area contributed by atoms with Gasteiger partial charge in [0.05, 0.1) is 5.04 Å². The molecule has 0 saturated carbocycles. The molecule has 1 aromatic heterocycles. The summed E-state index contributed by atoms with van der Waals surface area (Å²) >= 11 is 1.59. The van der Waals surface area contributed by atoms with E-state index >= 15 is 0 Å². The summed E-state index contributed by atoms with van der Waals surface area (Å²) in [4.78, 5) is 20.6. The molecular formula is C13H13N5OS. The van der Waals surface area contributed by atoms with Gasteiger partial charge in [0, 0.05) is 11.3 Å². The van der Waals surface area contributed by atoms with E-state index in [1.807, 2.05) is 30.3 Å². The maximum atomic E-state index is 12.1. The Morgan fingerprint density at radius 2 is 2.20 bits per heavy atom. The fourth-order valence-corrected chi connectivity index (χ4v) is 2.89. The van der Waals surface area contributed by atoms with E-state index in [1.165, 1.54) is 0 Å². The fraction of sp³-hybridized carbons (Fsp3) is 0.231. The number of H-pyrrole nitrogens is 1. The van der Waals surface area contributed by atoms with Crippen molar-refractivity contribution in [1.29, 1.82) is 0 Å². The van der Waals surface area contributed by atoms with Gasteiger partial charge in [-0.25, -0.2) is 0 Å². The highest BCUT2D eigenvalue weighted by atomic mass is 32.2. The molecule has 0 fully saturated rings. The van der Waals surface area contributed by atoms with Crippen LogP contribution in [-0.2, 0) is 4.79 Å². The normalized spacial score (nSPS) is 17.9. The lowest BCUT2D eigenvalue weighted by Gasteiger charge is -2.03. The van der Waals surface area contributed by atoms with E-state index in [2.05, 4.69) is 25.5 Å². The van der Waals surface area contributed by atoms with Crippen LogP contribution in [0.3, 0.4) is 0 Å². The first kappa shape index (κ1) is 12.9. The van der Waals surface area contributed by atoms with Crippen molar-refractivity contribution in [3.63, 3.8) is 0 Å². The predicted molar refractivity (Wildman–Crippen MR) is 79.0 cm³/mol. The molecule has 1 unspecified atom stereocenters. The number of benzene rings is 1. The standard InChI is InChI=1S/C13H13N5OS/c1-8-14-13(18-17-8)16-11(19)10-7-20-12(15-10)9-5-3-2-4-6-9/h2-6,10H,7H2,1H3,(H2,14,16,17,18,19). The summed E-state index contributed by atoms with van der Waals surface area (Å²) in [5.41, 5.74) is 1.04. The molecule has 1 aliphatic rings. The molecule has 0 bridgehead atoms. The highest BCUT2D eigenvalue weighted by molar-refractivity contribution is 8.14. The predicted octanol–water partition coefficient (Wildman–Crippen LogP) is 1.61. The van der Waals surface area contributed by atoms with Gasteiger partial charge in [-0.2, -0.15) is 4.98 Å². The number of thioether (sulfide) groups is 1. The number of amides is 1. The van der Waals surface area contributed by atoms with E-state index in [0.717, 1.165) is 10.6 Å². The van der Waals surface area contributed by atoms with Crippen LogP contribution in [0.1, 0.15) is 11.4 Å². The van der Waals surface area contributed by atoms with E-state index < -0.39 is 6.04 Å². The quantitative estimate of drug-likeness (QED) is 0.898. The summed E-state index contributed by atoms with van der Waals surface area (Å²) < 4.78 is 0. The maximum absolute atomic E-state index is 12.1. The zero-order valence-corrected chi connectivity index (χ0v) is 11.6. The molecule has 0 spiro atoms. The van der Waals surface area contributed by atoms with E-state index in [9.17, 15) is 4.79 Å². The molecule has 20 heavy (non-hydrogen) atoms. The first-order chi connectivity index (χ1) is 9.72. The third kappa shape index (κ3) is 2.72. The number of hydrogen-bond acceptors (Lipinski definition) is 5. The molecule has 102 valence electrons. The van der Waals surface area contributed by atoms with Crippen LogP contribution in [0.15, 0.2) is 35.3 Å². The van der Waals surface area contributed by atoms with E-state index in [4.69, 9.17) is 0 Å². The van der Waals surface area contributed by atoms with Crippen molar-refractivity contribution in [3.8, 4) is 0 Å². The van der Waals surface area contributed by atoms with E-state index in [-0.39, 0.29) is 5.91 Å². The molecule has 0 aliphatic carbocycles. The number of aliphatic imine (C=N–C) groups is 1. The van der Waals surface area contributed by atoms with Crippen molar-refractivity contribution < 1.29 is 4.79 Å². The largest absolute Gasteiger partial charge is 0.291 e. The first-order valence-corrected chi connectivity index (χ1v) is 7.17. The lowest BCUT2D eigenvalue weighted by atomic mass is 10.2. The molecule has 1 amide bonds. The second-order valence-corrected chi connectivity index (χ2v) is 5.37. The number of rotatable bonds is 3. The molecule has 1 aromatic carbocycles. The molecule has 0 radical (unpaired) electrons. The minimum Gasteiger partial charge on any atom is -0.291 e. The van der Waals surface area contributed by atoms with Gasteiger partial charge in [-0.15, -0.1) is 16.9 Å². The number of carbonyl (C=O) groups is 1. The van der Waals surface area contributed by atoms with Crippen LogP contribution in [0.2, 0.25) is 0 Å². The minimum atomic E-state index is -0.394. The van der Waals surface area contributed by atoms with Gasteiger partial charge in [0.25, 0.3) is 5.91 Å². The van der Waals surface area contributed by atoms with Crippen molar-refractivity contribution in [2.45, 2.75) is 13.0 Å². The van der Waals surface area contributed by atoms with Crippen LogP contribution < -0.4 is 5.32 Å². The molecule has 6 nitrogen and oxygen atoms in total. The monoisotopic (exact) mass is 287 g/mol. The Morgan fingerprint density at radius 1 is 1.40 bits per heavy atom. The highest BCUT2D eigenvalue weighted by Crippen LogP contribution is 2.23. The number of hydrogen-bond donors (Lipinski definition) is 2. The number of aromatic nitrogens is 3. The van der Waals surface area contributed by atoms with Gasteiger partial charge in [-0.3, -0.25) is 20.2 Å². The number of nitrogens with zero attached hydrogens (tertiary/aromatic N) is 3. The highest BCUT2D eigenvalue weighted by Gasteiger charge is 2.26. The molecular weight excluding hydrogens is 274 g/mol. The molecule has 2 aromatic rings. The van der Waals surface area contributed by atoms with Crippen LogP contribution in [0.25, 0.3) is 0 Å². The lowest BCUT2D eigenvalue weighted by molar-refractivity contribution is -0.116. The summed E-state index contributed by atoms with van der Waals surface area (Å²) in [5, 5.41) is 10.1. The zero-order valence-electron chi connectivity index (χ0n) is 10.8. The van der Waals surface area contributed by atoms with Gasteiger partial charge >= 0.3 is 0 Å². The number of aryl methyl sites for hydroxylation is 1. The second-order valence-electron chi connectivity index (χ2n) is 4.36. The second kappa shape index (κ2) is 5.46. The summed E-state index contributed by atoms with van der Waals surface area (Å²) in [7, 11) is 0. The van der Waals surface area contributed by atoms with Crippen LogP contribution in [-0.4, -0.2) is 37.9 Å². The van der Waals surface area contributed by atoms with Gasteiger partial charge in [0.2, 0.25) is 5.95 Å². The summed E-state index contributed by atoms with van der Waals surface area (Å²) in [6.45, 7) is 1.78. The van der Waals surface area contributed by atoms with Gasteiger partial charge < -0.3 is 0 Å².